The summed E-state index contributed by atoms with van der Waals surface area (Å²) in [4.78, 5) is 39.1. The number of ether oxygens (including phenoxy) is 2. The van der Waals surface area contributed by atoms with Gasteiger partial charge in [0.05, 0.1) is 27.9 Å². The van der Waals surface area contributed by atoms with Crippen molar-refractivity contribution >= 4 is 46.7 Å². The fourth-order valence-electron chi connectivity index (χ4n) is 2.46. The van der Waals surface area contributed by atoms with Gasteiger partial charge in [0.15, 0.2) is 6.61 Å². The molecule has 1 aromatic heterocycles. The molecule has 0 aliphatic carbocycles. The maximum absolute atomic E-state index is 12.3. The van der Waals surface area contributed by atoms with Crippen LogP contribution < -0.4 is 5.32 Å². The van der Waals surface area contributed by atoms with E-state index >= 15 is 0 Å². The van der Waals surface area contributed by atoms with E-state index in [9.17, 15) is 14.4 Å². The monoisotopic (exact) mass is 412 g/mol. The Morgan fingerprint density at radius 3 is 2.30 bits per heavy atom. The Balaban J connectivity index is 2.06. The van der Waals surface area contributed by atoms with Crippen LogP contribution in [0.15, 0.2) is 18.2 Å². The predicted molar refractivity (Wildman–Crippen MR) is 102 cm³/mol. The molecule has 27 heavy (non-hydrogen) atoms. The zero-order valence-electron chi connectivity index (χ0n) is 14.9. The minimum Gasteiger partial charge on any atom is -0.461 e. The molecule has 9 heteroatoms. The van der Waals surface area contributed by atoms with Crippen molar-refractivity contribution in [2.45, 2.75) is 20.8 Å². The minimum absolute atomic E-state index is 0.175. The lowest BCUT2D eigenvalue weighted by atomic mass is 10.1. The standard InChI is InChI=1S/C18H18Cl2N2O5/c1-4-26-18(25)15-9(2)14(10(3)21-15)17(24)27-8-13(23)22-16-11(19)6-5-7-12(16)20/h5-7,21H,4,8H2,1-3H3,(H,22,23). The average molecular weight is 413 g/mol. The Bertz CT molecular complexity index is 872. The molecule has 1 heterocycles. The van der Waals surface area contributed by atoms with Crippen LogP contribution in [0.3, 0.4) is 0 Å². The number of aromatic nitrogens is 1. The Kier molecular flexibility index (Phi) is 6.87. The van der Waals surface area contributed by atoms with E-state index in [4.69, 9.17) is 32.7 Å². The molecule has 0 atom stereocenters. The summed E-state index contributed by atoms with van der Waals surface area (Å²) < 4.78 is 9.98. The molecule has 2 N–H and O–H groups in total. The third-order valence-corrected chi connectivity index (χ3v) is 4.31. The number of hydrogen-bond donors (Lipinski definition) is 2. The lowest BCUT2D eigenvalue weighted by Gasteiger charge is -2.10. The molecule has 0 fully saturated rings. The number of carbonyl (C=O) groups is 3. The normalized spacial score (nSPS) is 10.4. The molecule has 2 rings (SSSR count). The van der Waals surface area contributed by atoms with Crippen LogP contribution in [-0.2, 0) is 14.3 Å². The number of H-pyrrole nitrogens is 1. The summed E-state index contributed by atoms with van der Waals surface area (Å²) in [5, 5.41) is 3.02. The van der Waals surface area contributed by atoms with E-state index in [1.807, 2.05) is 0 Å². The van der Waals surface area contributed by atoms with Crippen LogP contribution in [0.1, 0.15) is 39.0 Å². The number of benzene rings is 1. The maximum atomic E-state index is 12.3. The third kappa shape index (κ3) is 4.81. The molecule has 1 aromatic carbocycles. The first kappa shape index (κ1) is 20.8. The van der Waals surface area contributed by atoms with Gasteiger partial charge in [0.25, 0.3) is 5.91 Å². The van der Waals surface area contributed by atoms with Gasteiger partial charge in [-0.1, -0.05) is 29.3 Å². The minimum atomic E-state index is -0.739. The van der Waals surface area contributed by atoms with Gasteiger partial charge in [-0.3, -0.25) is 4.79 Å². The first-order chi connectivity index (χ1) is 12.8. The first-order valence-electron chi connectivity index (χ1n) is 8.03. The summed E-state index contributed by atoms with van der Waals surface area (Å²) in [6.45, 7) is 4.56. The number of carbonyl (C=O) groups excluding carboxylic acids is 3. The molecule has 0 bridgehead atoms. The fourth-order valence-corrected chi connectivity index (χ4v) is 2.95. The van der Waals surface area contributed by atoms with Crippen LogP contribution >= 0.6 is 23.2 Å². The highest BCUT2D eigenvalue weighted by molar-refractivity contribution is 6.39. The van der Waals surface area contributed by atoms with Crippen LogP contribution in [0.4, 0.5) is 5.69 Å². The van der Waals surface area contributed by atoms with E-state index in [1.54, 1.807) is 39.0 Å². The lowest BCUT2D eigenvalue weighted by Crippen LogP contribution is -2.21. The summed E-state index contributed by atoms with van der Waals surface area (Å²) in [6.07, 6.45) is 0. The molecule has 0 unspecified atom stereocenters. The van der Waals surface area contributed by atoms with Crippen LogP contribution in [0, 0.1) is 13.8 Å². The molecule has 0 aliphatic rings. The Morgan fingerprint density at radius 1 is 1.07 bits per heavy atom. The molecule has 1 amide bonds. The summed E-state index contributed by atoms with van der Waals surface area (Å²) in [7, 11) is 0. The van der Waals surface area contributed by atoms with Crippen molar-refractivity contribution in [1.82, 2.24) is 4.98 Å². The highest BCUT2D eigenvalue weighted by Crippen LogP contribution is 2.29. The highest BCUT2D eigenvalue weighted by Gasteiger charge is 2.24. The van der Waals surface area contributed by atoms with Gasteiger partial charge in [-0.15, -0.1) is 0 Å². The van der Waals surface area contributed by atoms with Gasteiger partial charge >= 0.3 is 11.9 Å². The molecule has 0 spiro atoms. The van der Waals surface area contributed by atoms with Crippen molar-refractivity contribution in [3.63, 3.8) is 0 Å². The van der Waals surface area contributed by atoms with Crippen LogP contribution in [0.5, 0.6) is 0 Å². The van der Waals surface area contributed by atoms with Crippen molar-refractivity contribution in [1.29, 1.82) is 0 Å². The van der Waals surface area contributed by atoms with Gasteiger partial charge in [-0.25, -0.2) is 9.59 Å². The Morgan fingerprint density at radius 2 is 1.70 bits per heavy atom. The largest absolute Gasteiger partial charge is 0.461 e. The SMILES string of the molecule is CCOC(=O)c1[nH]c(C)c(C(=O)OCC(=O)Nc2c(Cl)cccc2Cl)c1C. The summed E-state index contributed by atoms with van der Waals surface area (Å²) >= 11 is 12.0. The van der Waals surface area contributed by atoms with E-state index in [1.165, 1.54) is 0 Å². The number of para-hydroxylation sites is 1. The number of amides is 1. The number of aromatic amines is 1. The number of anilines is 1. The molecule has 7 nitrogen and oxygen atoms in total. The second-order valence-corrected chi connectivity index (χ2v) is 6.38. The number of hydrogen-bond acceptors (Lipinski definition) is 5. The highest BCUT2D eigenvalue weighted by atomic mass is 35.5. The lowest BCUT2D eigenvalue weighted by molar-refractivity contribution is -0.119. The smallest absolute Gasteiger partial charge is 0.355 e. The zero-order valence-corrected chi connectivity index (χ0v) is 16.5. The molecule has 0 saturated carbocycles. The van der Waals surface area contributed by atoms with Crippen molar-refractivity contribution in [3.05, 3.63) is 50.8 Å². The summed E-state index contributed by atoms with van der Waals surface area (Å²) in [6, 6.07) is 4.77. The van der Waals surface area contributed by atoms with E-state index in [0.717, 1.165) is 0 Å². The second kappa shape index (κ2) is 8.92. The predicted octanol–water partition coefficient (Wildman–Crippen LogP) is 3.91. The zero-order chi connectivity index (χ0) is 20.1. The van der Waals surface area contributed by atoms with Crippen LogP contribution in [0.2, 0.25) is 10.0 Å². The van der Waals surface area contributed by atoms with Gasteiger partial charge in [0.2, 0.25) is 0 Å². The van der Waals surface area contributed by atoms with E-state index in [0.29, 0.717) is 11.3 Å². The number of nitrogens with one attached hydrogen (secondary N) is 2. The van der Waals surface area contributed by atoms with Crippen molar-refractivity contribution in [3.8, 4) is 0 Å². The van der Waals surface area contributed by atoms with Gasteiger partial charge in [0, 0.05) is 5.69 Å². The maximum Gasteiger partial charge on any atom is 0.355 e. The van der Waals surface area contributed by atoms with Crippen molar-refractivity contribution in [2.75, 3.05) is 18.5 Å². The quantitative estimate of drug-likeness (QED) is 0.700. The molecular weight excluding hydrogens is 395 g/mol. The van der Waals surface area contributed by atoms with Gasteiger partial charge in [-0.05, 0) is 38.5 Å². The van der Waals surface area contributed by atoms with Crippen molar-refractivity contribution < 1.29 is 23.9 Å². The van der Waals surface area contributed by atoms with E-state index < -0.39 is 24.5 Å². The molecule has 0 radical (unpaired) electrons. The van der Waals surface area contributed by atoms with Crippen LogP contribution in [-0.4, -0.2) is 36.0 Å². The Hall–Kier alpha value is -2.51. The van der Waals surface area contributed by atoms with E-state index in [2.05, 4.69) is 10.3 Å². The van der Waals surface area contributed by atoms with Gasteiger partial charge in [0.1, 0.15) is 5.69 Å². The number of rotatable bonds is 6. The third-order valence-electron chi connectivity index (χ3n) is 3.68. The number of aryl methyl sites for hydroxylation is 1. The molecular formula is C18H18Cl2N2O5. The molecule has 2 aromatic rings. The summed E-state index contributed by atoms with van der Waals surface area (Å²) in [5.41, 5.74) is 1.43. The number of esters is 2. The van der Waals surface area contributed by atoms with Gasteiger partial charge < -0.3 is 19.8 Å². The molecule has 0 aliphatic heterocycles. The van der Waals surface area contributed by atoms with Crippen LogP contribution in [0.25, 0.3) is 0 Å². The second-order valence-electron chi connectivity index (χ2n) is 5.57. The number of halogens is 2. The van der Waals surface area contributed by atoms with E-state index in [-0.39, 0.29) is 33.6 Å². The average Bonchev–Trinajstić information content (AvgIpc) is 2.91. The van der Waals surface area contributed by atoms with Gasteiger partial charge in [-0.2, -0.15) is 0 Å². The molecule has 0 saturated heterocycles. The first-order valence-corrected chi connectivity index (χ1v) is 8.79. The summed E-state index contributed by atoms with van der Waals surface area (Å²) in [5.74, 6) is -1.91. The fraction of sp³-hybridized carbons (Fsp3) is 0.278. The molecule has 144 valence electrons. The topological polar surface area (TPSA) is 97.5 Å². The Labute approximate surface area is 165 Å². The van der Waals surface area contributed by atoms with Crippen molar-refractivity contribution in [2.24, 2.45) is 0 Å².